The zero-order chi connectivity index (χ0) is 22.1. The highest BCUT2D eigenvalue weighted by Gasteiger charge is 2.25. The third kappa shape index (κ3) is 3.83. The van der Waals surface area contributed by atoms with Crippen LogP contribution in [0.15, 0.2) is 56.6 Å². The molecular weight excluding hydrogens is 410 g/mol. The first-order valence-corrected chi connectivity index (χ1v) is 10.9. The number of anilines is 1. The number of carbonyl (C=O) groups excluding carboxylic acids is 1. The highest BCUT2D eigenvalue weighted by Crippen LogP contribution is 2.29. The van der Waals surface area contributed by atoms with Crippen LogP contribution in [0.3, 0.4) is 0 Å². The second kappa shape index (κ2) is 8.33. The van der Waals surface area contributed by atoms with Gasteiger partial charge in [-0.2, -0.15) is 4.31 Å². The van der Waals surface area contributed by atoms with Gasteiger partial charge < -0.3 is 14.8 Å². The van der Waals surface area contributed by atoms with Gasteiger partial charge in [0.25, 0.3) is 0 Å². The molecule has 0 radical (unpaired) electrons. The van der Waals surface area contributed by atoms with Crippen molar-refractivity contribution in [2.75, 3.05) is 18.4 Å². The van der Waals surface area contributed by atoms with Crippen molar-refractivity contribution in [3.8, 4) is 5.75 Å². The zero-order valence-corrected chi connectivity index (χ0v) is 17.6. The van der Waals surface area contributed by atoms with Crippen molar-refractivity contribution in [1.29, 1.82) is 0 Å². The quantitative estimate of drug-likeness (QED) is 0.552. The van der Waals surface area contributed by atoms with Crippen LogP contribution in [0.25, 0.3) is 11.1 Å². The predicted molar refractivity (Wildman–Crippen MR) is 112 cm³/mol. The van der Waals surface area contributed by atoms with Crippen LogP contribution < -0.4 is 11.1 Å². The summed E-state index contributed by atoms with van der Waals surface area (Å²) in [5.74, 6) is -1.60. The van der Waals surface area contributed by atoms with Crippen molar-refractivity contribution >= 4 is 32.7 Å². The minimum atomic E-state index is -3.77. The summed E-state index contributed by atoms with van der Waals surface area (Å²) in [6.45, 7) is 5.52. The van der Waals surface area contributed by atoms with Gasteiger partial charge in [0.1, 0.15) is 11.8 Å². The van der Waals surface area contributed by atoms with Crippen LogP contribution in [0.1, 0.15) is 26.8 Å². The first-order chi connectivity index (χ1) is 14.2. The van der Waals surface area contributed by atoms with E-state index in [0.29, 0.717) is 11.1 Å². The number of hydrogen-bond acceptors (Lipinski definition) is 6. The Balaban J connectivity index is 1.93. The van der Waals surface area contributed by atoms with Crippen LogP contribution in [-0.2, 0) is 14.8 Å². The van der Waals surface area contributed by atoms with Crippen molar-refractivity contribution in [1.82, 2.24) is 8.87 Å². The van der Waals surface area contributed by atoms with Crippen LogP contribution in [0.5, 0.6) is 5.75 Å². The molecule has 2 N–H and O–H groups in total. The number of phenolic OH excluding ortho intramolecular Hbond substituents is 1. The van der Waals surface area contributed by atoms with E-state index < -0.39 is 27.7 Å². The highest BCUT2D eigenvalue weighted by atomic mass is 32.2. The largest absolute Gasteiger partial charge is 0.506 e. The highest BCUT2D eigenvalue weighted by molar-refractivity contribution is 7.89. The summed E-state index contributed by atoms with van der Waals surface area (Å²) in [6, 6.07) is 9.40. The summed E-state index contributed by atoms with van der Waals surface area (Å²) in [4.78, 5) is 24.9. The molecule has 160 valence electrons. The molecule has 1 amide bonds. The maximum atomic E-state index is 12.8. The lowest BCUT2D eigenvalue weighted by Gasteiger charge is -2.19. The number of para-hydroxylation sites is 2. The molecule has 1 aromatic heterocycles. The number of nitrogens with zero attached hydrogens (tertiary/aromatic N) is 2. The molecule has 10 heteroatoms. The molecule has 2 aromatic carbocycles. The van der Waals surface area contributed by atoms with Crippen LogP contribution >= 0.6 is 0 Å². The van der Waals surface area contributed by atoms with E-state index >= 15 is 0 Å². The van der Waals surface area contributed by atoms with E-state index in [-0.39, 0.29) is 29.4 Å². The summed E-state index contributed by atoms with van der Waals surface area (Å²) in [5.41, 5.74) is 0.727. The number of aromatic nitrogens is 1. The van der Waals surface area contributed by atoms with Crippen LogP contribution in [0.4, 0.5) is 5.69 Å². The number of rotatable bonds is 7. The van der Waals surface area contributed by atoms with Gasteiger partial charge in [0.05, 0.1) is 16.1 Å². The Hall–Kier alpha value is -3.11. The molecular formula is C20H23N3O6S. The molecule has 0 aliphatic heterocycles. The molecule has 0 bridgehead atoms. The van der Waals surface area contributed by atoms with Crippen molar-refractivity contribution in [3.05, 3.63) is 53.0 Å². The van der Waals surface area contributed by atoms with Crippen molar-refractivity contribution < 1.29 is 22.7 Å². The summed E-state index contributed by atoms with van der Waals surface area (Å²) in [7, 11) is -3.77. The molecule has 1 unspecified atom stereocenters. The number of nitrogens with one attached hydrogen (secondary N) is 1. The lowest BCUT2D eigenvalue weighted by molar-refractivity contribution is -0.118. The number of sulfonamides is 1. The minimum absolute atomic E-state index is 0.0575. The number of amides is 1. The Bertz CT molecular complexity index is 1240. The molecule has 0 aliphatic carbocycles. The molecule has 1 atom stereocenters. The van der Waals surface area contributed by atoms with Crippen molar-refractivity contribution in [2.45, 2.75) is 31.7 Å². The van der Waals surface area contributed by atoms with Crippen LogP contribution in [0.2, 0.25) is 0 Å². The van der Waals surface area contributed by atoms with E-state index in [1.165, 1.54) is 34.0 Å². The summed E-state index contributed by atoms with van der Waals surface area (Å²) in [6.07, 6.45) is 0. The smallest absolute Gasteiger partial charge is 0.420 e. The van der Waals surface area contributed by atoms with E-state index in [2.05, 4.69) is 5.32 Å². The second-order valence-electron chi connectivity index (χ2n) is 6.64. The first-order valence-electron chi connectivity index (χ1n) is 9.44. The van der Waals surface area contributed by atoms with Gasteiger partial charge >= 0.3 is 5.76 Å². The fourth-order valence-corrected chi connectivity index (χ4v) is 4.68. The Morgan fingerprint density at radius 2 is 1.87 bits per heavy atom. The average molecular weight is 433 g/mol. The number of benzene rings is 2. The zero-order valence-electron chi connectivity index (χ0n) is 16.8. The minimum Gasteiger partial charge on any atom is -0.506 e. The number of carbonyl (C=O) groups is 1. The maximum absolute atomic E-state index is 12.8. The van der Waals surface area contributed by atoms with Crippen molar-refractivity contribution in [2.24, 2.45) is 0 Å². The molecule has 0 fully saturated rings. The number of aromatic hydroxyl groups is 1. The summed E-state index contributed by atoms with van der Waals surface area (Å²) in [5, 5.41) is 12.6. The van der Waals surface area contributed by atoms with Gasteiger partial charge in [0.15, 0.2) is 5.58 Å². The molecule has 0 saturated heterocycles. The van der Waals surface area contributed by atoms with Gasteiger partial charge in [-0.05, 0) is 37.3 Å². The number of phenols is 1. The maximum Gasteiger partial charge on any atom is 0.420 e. The van der Waals surface area contributed by atoms with Gasteiger partial charge in [-0.3, -0.25) is 9.36 Å². The molecule has 0 aliphatic rings. The lowest BCUT2D eigenvalue weighted by atomic mass is 10.2. The fraction of sp³-hybridized carbons (Fsp3) is 0.300. The number of hydrogen-bond donors (Lipinski definition) is 2. The molecule has 0 saturated carbocycles. The molecule has 0 spiro atoms. The lowest BCUT2D eigenvalue weighted by Crippen LogP contribution is -2.31. The molecule has 1 heterocycles. The fourth-order valence-electron chi connectivity index (χ4n) is 3.19. The summed E-state index contributed by atoms with van der Waals surface area (Å²) >= 11 is 0. The SMILES string of the molecule is CCN(CC)S(=O)(=O)c1ccc(O)c(NC(=O)C(C)n2c(=O)oc3ccccc32)c1. The number of oxazole rings is 1. The Labute approximate surface area is 173 Å². The van der Waals surface area contributed by atoms with E-state index in [0.717, 1.165) is 0 Å². The van der Waals surface area contributed by atoms with Crippen LogP contribution in [-0.4, -0.2) is 41.4 Å². The van der Waals surface area contributed by atoms with Gasteiger partial charge in [0.2, 0.25) is 15.9 Å². The molecule has 9 nitrogen and oxygen atoms in total. The molecule has 3 aromatic rings. The van der Waals surface area contributed by atoms with Gasteiger partial charge in [-0.15, -0.1) is 0 Å². The monoisotopic (exact) mass is 433 g/mol. The van der Waals surface area contributed by atoms with E-state index in [9.17, 15) is 23.1 Å². The van der Waals surface area contributed by atoms with E-state index in [1.807, 2.05) is 0 Å². The topological polar surface area (TPSA) is 122 Å². The Morgan fingerprint density at radius 3 is 2.53 bits per heavy atom. The van der Waals surface area contributed by atoms with Gasteiger partial charge in [0, 0.05) is 13.1 Å². The van der Waals surface area contributed by atoms with Crippen LogP contribution in [0, 0.1) is 0 Å². The predicted octanol–water partition coefficient (Wildman–Crippen LogP) is 2.53. The molecule has 3 rings (SSSR count). The first kappa shape index (κ1) is 21.6. The van der Waals surface area contributed by atoms with Crippen molar-refractivity contribution in [3.63, 3.8) is 0 Å². The van der Waals surface area contributed by atoms with Gasteiger partial charge in [-0.25, -0.2) is 13.2 Å². The Morgan fingerprint density at radius 1 is 1.20 bits per heavy atom. The van der Waals surface area contributed by atoms with Gasteiger partial charge in [-0.1, -0.05) is 26.0 Å². The average Bonchev–Trinajstić information content (AvgIpc) is 3.05. The second-order valence-corrected chi connectivity index (χ2v) is 8.58. The number of fused-ring (bicyclic) bond motifs is 1. The Kier molecular flexibility index (Phi) is 5.99. The van der Waals surface area contributed by atoms with E-state index in [1.54, 1.807) is 38.1 Å². The standard InChI is InChI=1S/C20H23N3O6S/c1-4-22(5-2)30(27,28)14-10-11-17(24)15(12-14)21-19(25)13(3)23-16-8-6-7-9-18(16)29-20(23)26/h6-13,24H,4-5H2,1-3H3,(H,21,25). The normalized spacial score (nSPS) is 12.9. The third-order valence-electron chi connectivity index (χ3n) is 4.85. The third-order valence-corrected chi connectivity index (χ3v) is 6.90. The molecule has 30 heavy (non-hydrogen) atoms. The van der Waals surface area contributed by atoms with E-state index in [4.69, 9.17) is 4.42 Å². The summed E-state index contributed by atoms with van der Waals surface area (Å²) < 4.78 is 33.1.